The molecule has 0 aliphatic rings. The summed E-state index contributed by atoms with van der Waals surface area (Å²) in [6, 6.07) is -0.774. The summed E-state index contributed by atoms with van der Waals surface area (Å²) in [5.41, 5.74) is 0. The molecule has 0 heterocycles. The lowest BCUT2D eigenvalue weighted by atomic mass is 10.0. The van der Waals surface area contributed by atoms with Gasteiger partial charge in [-0.25, -0.2) is 4.57 Å². The van der Waals surface area contributed by atoms with Gasteiger partial charge >= 0.3 is 7.82 Å². The van der Waals surface area contributed by atoms with E-state index in [0.29, 0.717) is 23.9 Å². The Morgan fingerprint density at radius 1 is 0.636 bits per heavy atom. The maximum Gasteiger partial charge on any atom is 0.472 e. The minimum absolute atomic E-state index is 0.0682. The van der Waals surface area contributed by atoms with E-state index in [1.165, 1.54) is 109 Å². The fourth-order valence-electron chi connectivity index (χ4n) is 6.53. The third kappa shape index (κ3) is 40.7. The zero-order chi connectivity index (χ0) is 40.7. The minimum atomic E-state index is -4.32. The predicted molar refractivity (Wildman–Crippen MR) is 235 cm³/mol. The van der Waals surface area contributed by atoms with Crippen LogP contribution < -0.4 is 5.32 Å². The topological polar surface area (TPSA) is 105 Å². The van der Waals surface area contributed by atoms with Crippen LogP contribution in [0.25, 0.3) is 0 Å². The number of phosphoric ester groups is 1. The highest BCUT2D eigenvalue weighted by Gasteiger charge is 2.28. The van der Waals surface area contributed by atoms with Crippen LogP contribution in [0.3, 0.4) is 0 Å². The summed E-state index contributed by atoms with van der Waals surface area (Å²) >= 11 is 0. The van der Waals surface area contributed by atoms with E-state index in [0.717, 1.165) is 64.2 Å². The lowest BCUT2D eigenvalue weighted by Crippen LogP contribution is -2.46. The Balaban J connectivity index is 4.33. The van der Waals surface area contributed by atoms with Crippen LogP contribution in [0.4, 0.5) is 0 Å². The number of unbranched alkanes of at least 4 members (excludes halogenated alkanes) is 22. The number of allylic oxidation sites excluding steroid dienone is 6. The van der Waals surface area contributed by atoms with E-state index in [1.807, 2.05) is 21.1 Å². The number of carbonyl (C=O) groups excluding carboxylic acids is 1. The number of nitrogens with one attached hydrogen (secondary N) is 1. The Hall–Kier alpha value is -1.28. The molecular weight excluding hydrogens is 707 g/mol. The second-order valence-electron chi connectivity index (χ2n) is 16.8. The van der Waals surface area contributed by atoms with Crippen LogP contribution >= 0.6 is 7.82 Å². The number of quaternary nitrogens is 1. The maximum absolute atomic E-state index is 12.9. The molecule has 3 unspecified atom stereocenters. The van der Waals surface area contributed by atoms with E-state index in [-0.39, 0.29) is 19.1 Å². The van der Waals surface area contributed by atoms with Crippen LogP contribution in [0.5, 0.6) is 0 Å². The molecule has 9 heteroatoms. The summed E-state index contributed by atoms with van der Waals surface area (Å²) in [5, 5.41) is 13.9. The molecule has 0 saturated heterocycles. The van der Waals surface area contributed by atoms with Crippen molar-refractivity contribution in [2.45, 2.75) is 212 Å². The fourth-order valence-corrected chi connectivity index (χ4v) is 7.27. The first-order chi connectivity index (χ1) is 26.5. The van der Waals surface area contributed by atoms with Crippen LogP contribution in [0, 0.1) is 0 Å². The van der Waals surface area contributed by atoms with Crippen LogP contribution in [0.1, 0.15) is 200 Å². The summed E-state index contributed by atoms with van der Waals surface area (Å²) in [5.74, 6) is -0.173. The molecule has 0 radical (unpaired) electrons. The number of aliphatic hydroxyl groups excluding tert-OH is 1. The SMILES string of the molecule is CC/C=C\C/C=C\C/C=C\CCCCCC(=O)NC(COP(=O)(O)OCC[N+](C)(C)C)C(O)CCCCCCCCCCCCCCCCCCCCCC. The van der Waals surface area contributed by atoms with E-state index in [4.69, 9.17) is 9.05 Å². The molecular formula is C46H90N2O6P+. The minimum Gasteiger partial charge on any atom is -0.391 e. The number of rotatable bonds is 41. The molecule has 8 nitrogen and oxygen atoms in total. The van der Waals surface area contributed by atoms with Gasteiger partial charge in [0.2, 0.25) is 5.91 Å². The van der Waals surface area contributed by atoms with E-state index in [9.17, 15) is 19.4 Å². The van der Waals surface area contributed by atoms with Crippen LogP contribution in [0.15, 0.2) is 36.5 Å². The van der Waals surface area contributed by atoms with Crippen molar-refractivity contribution in [1.82, 2.24) is 5.32 Å². The Kier molecular flexibility index (Phi) is 37.4. The lowest BCUT2D eigenvalue weighted by Gasteiger charge is -2.26. The number of likely N-dealkylation sites (N-methyl/N-ethyl adjacent to an activating group) is 1. The van der Waals surface area contributed by atoms with E-state index in [1.54, 1.807) is 0 Å². The van der Waals surface area contributed by atoms with Crippen molar-refractivity contribution < 1.29 is 32.9 Å². The van der Waals surface area contributed by atoms with Gasteiger partial charge in [0.25, 0.3) is 0 Å². The molecule has 324 valence electrons. The summed E-state index contributed by atoms with van der Waals surface area (Å²) in [7, 11) is 1.59. The quantitative estimate of drug-likeness (QED) is 0.0246. The van der Waals surface area contributed by atoms with Crippen molar-refractivity contribution in [2.24, 2.45) is 0 Å². The van der Waals surface area contributed by atoms with E-state index >= 15 is 0 Å². The first-order valence-corrected chi connectivity index (χ1v) is 24.3. The number of aliphatic hydroxyl groups is 1. The molecule has 3 N–H and O–H groups in total. The highest BCUT2D eigenvalue weighted by molar-refractivity contribution is 7.47. The molecule has 0 aromatic heterocycles. The second kappa shape index (κ2) is 38.2. The maximum atomic E-state index is 12.9. The lowest BCUT2D eigenvalue weighted by molar-refractivity contribution is -0.870. The van der Waals surface area contributed by atoms with Gasteiger partial charge in [0.15, 0.2) is 0 Å². The van der Waals surface area contributed by atoms with Crippen molar-refractivity contribution in [3.63, 3.8) is 0 Å². The number of carbonyl (C=O) groups is 1. The molecule has 0 aromatic rings. The van der Waals surface area contributed by atoms with Gasteiger partial charge in [-0.15, -0.1) is 0 Å². The normalized spacial score (nSPS) is 14.7. The van der Waals surface area contributed by atoms with Crippen molar-refractivity contribution in [1.29, 1.82) is 0 Å². The third-order valence-corrected chi connectivity index (χ3v) is 11.1. The summed E-state index contributed by atoms with van der Waals surface area (Å²) in [6.07, 6.45) is 46.1. The standard InChI is InChI=1S/C46H89N2O6P/c1-6-8-10-12-14-16-18-20-21-22-23-24-25-26-28-29-31-33-35-37-39-45(49)44(43-54-55(51,52)53-42-41-48(3,4)5)47-46(50)40-38-36-34-32-30-27-19-17-15-13-11-9-7-2/h9,11,15,17,27,30,44-45,49H,6-8,10,12-14,16,18-26,28-29,31-43H2,1-5H3,(H-,47,50,51,52)/p+1/b11-9-,17-15-,30-27-. The van der Waals surface area contributed by atoms with Gasteiger partial charge in [0.05, 0.1) is 39.9 Å². The van der Waals surface area contributed by atoms with Gasteiger partial charge in [0.1, 0.15) is 13.2 Å². The summed E-state index contributed by atoms with van der Waals surface area (Å²) in [6.45, 7) is 4.75. The molecule has 0 fully saturated rings. The third-order valence-electron chi connectivity index (χ3n) is 10.2. The highest BCUT2D eigenvalue weighted by atomic mass is 31.2. The average molecular weight is 798 g/mol. The zero-order valence-electron chi connectivity index (χ0n) is 36.7. The first kappa shape index (κ1) is 53.7. The van der Waals surface area contributed by atoms with E-state index < -0.39 is 20.0 Å². The van der Waals surface area contributed by atoms with Crippen LogP contribution in [-0.2, 0) is 18.4 Å². The van der Waals surface area contributed by atoms with Gasteiger partial charge < -0.3 is 19.8 Å². The second-order valence-corrected chi connectivity index (χ2v) is 18.2. The highest BCUT2D eigenvalue weighted by Crippen LogP contribution is 2.43. The van der Waals surface area contributed by atoms with Gasteiger partial charge in [-0.2, -0.15) is 0 Å². The number of hydrogen-bond donors (Lipinski definition) is 3. The smallest absolute Gasteiger partial charge is 0.391 e. The Bertz CT molecular complexity index is 995. The zero-order valence-corrected chi connectivity index (χ0v) is 37.6. The predicted octanol–water partition coefficient (Wildman–Crippen LogP) is 12.7. The number of phosphoric acid groups is 1. The molecule has 3 atom stereocenters. The van der Waals surface area contributed by atoms with E-state index in [2.05, 4.69) is 55.6 Å². The van der Waals surface area contributed by atoms with Gasteiger partial charge in [-0.05, 0) is 44.9 Å². The number of nitrogens with zero attached hydrogens (tertiary/aromatic N) is 1. The van der Waals surface area contributed by atoms with Crippen molar-refractivity contribution in [2.75, 3.05) is 40.9 Å². The molecule has 55 heavy (non-hydrogen) atoms. The Labute approximate surface area is 340 Å². The van der Waals surface area contributed by atoms with Crippen LogP contribution in [0.2, 0.25) is 0 Å². The Morgan fingerprint density at radius 3 is 1.58 bits per heavy atom. The largest absolute Gasteiger partial charge is 0.472 e. The monoisotopic (exact) mass is 798 g/mol. The first-order valence-electron chi connectivity index (χ1n) is 22.9. The fraction of sp³-hybridized carbons (Fsp3) is 0.848. The molecule has 0 aliphatic heterocycles. The Morgan fingerprint density at radius 2 is 1.09 bits per heavy atom. The number of hydrogen-bond acceptors (Lipinski definition) is 5. The number of amides is 1. The van der Waals surface area contributed by atoms with Crippen molar-refractivity contribution in [3.8, 4) is 0 Å². The summed E-state index contributed by atoms with van der Waals surface area (Å²) < 4.78 is 23.6. The van der Waals surface area contributed by atoms with Crippen molar-refractivity contribution in [3.05, 3.63) is 36.5 Å². The van der Waals surface area contributed by atoms with Gasteiger partial charge in [0, 0.05) is 6.42 Å². The molecule has 0 saturated carbocycles. The molecule has 0 bridgehead atoms. The molecule has 0 aromatic carbocycles. The van der Waals surface area contributed by atoms with Crippen molar-refractivity contribution >= 4 is 13.7 Å². The summed E-state index contributed by atoms with van der Waals surface area (Å²) in [4.78, 5) is 23.1. The average Bonchev–Trinajstić information content (AvgIpc) is 3.13. The molecule has 0 aliphatic carbocycles. The molecule has 1 amide bonds. The molecule has 0 spiro atoms. The molecule has 0 rings (SSSR count). The van der Waals surface area contributed by atoms with Crippen LogP contribution in [-0.4, -0.2) is 73.4 Å². The van der Waals surface area contributed by atoms with Gasteiger partial charge in [-0.3, -0.25) is 13.8 Å². The van der Waals surface area contributed by atoms with Gasteiger partial charge in [-0.1, -0.05) is 185 Å².